The van der Waals surface area contributed by atoms with Crippen LogP contribution in [0, 0.1) is 0 Å². The molecule has 1 N–H and O–H groups in total. The fraction of sp³-hybridized carbons (Fsp3) is 0.529. The number of hydrogen-bond donors (Lipinski definition) is 1. The summed E-state index contributed by atoms with van der Waals surface area (Å²) in [6.07, 6.45) is -0.100. The van der Waals surface area contributed by atoms with Crippen molar-refractivity contribution in [3.8, 4) is 0 Å². The van der Waals surface area contributed by atoms with Gasteiger partial charge >= 0.3 is 11.8 Å². The fourth-order valence-electron chi connectivity index (χ4n) is 2.62. The first-order valence-corrected chi connectivity index (χ1v) is 7.72. The first-order valence-electron chi connectivity index (χ1n) is 7.72. The standard InChI is InChI=1S/C17H24N2O3/c1-11(2)14-5-7-15(8-6-14)18-16(20)17(21)19-9-12(3)22-13(4)10-19/h5-8,11-13H,9-10H2,1-4H3,(H,18,20). The first kappa shape index (κ1) is 16.5. The van der Waals surface area contributed by atoms with E-state index in [0.29, 0.717) is 24.7 Å². The van der Waals surface area contributed by atoms with E-state index in [9.17, 15) is 9.59 Å². The highest BCUT2D eigenvalue weighted by Crippen LogP contribution is 2.17. The van der Waals surface area contributed by atoms with Crippen LogP contribution in [0.5, 0.6) is 0 Å². The summed E-state index contributed by atoms with van der Waals surface area (Å²) in [6, 6.07) is 7.57. The SMILES string of the molecule is CC1CN(C(=O)C(=O)Nc2ccc(C(C)C)cc2)CC(C)O1. The highest BCUT2D eigenvalue weighted by atomic mass is 16.5. The van der Waals surface area contributed by atoms with Gasteiger partial charge in [-0.15, -0.1) is 0 Å². The van der Waals surface area contributed by atoms with E-state index in [-0.39, 0.29) is 12.2 Å². The monoisotopic (exact) mass is 304 g/mol. The Balaban J connectivity index is 1.97. The minimum Gasteiger partial charge on any atom is -0.372 e. The molecule has 5 nitrogen and oxygen atoms in total. The molecule has 1 aliphatic heterocycles. The summed E-state index contributed by atoms with van der Waals surface area (Å²) < 4.78 is 5.57. The van der Waals surface area contributed by atoms with E-state index in [1.165, 1.54) is 5.56 Å². The molecule has 0 aromatic heterocycles. The van der Waals surface area contributed by atoms with Crippen molar-refractivity contribution in [2.24, 2.45) is 0 Å². The number of nitrogens with one attached hydrogen (secondary N) is 1. The molecule has 5 heteroatoms. The van der Waals surface area contributed by atoms with Gasteiger partial charge in [0.15, 0.2) is 0 Å². The normalized spacial score (nSPS) is 21.8. The Bertz CT molecular complexity index is 529. The maximum absolute atomic E-state index is 12.2. The predicted octanol–water partition coefficient (Wildman–Crippen LogP) is 2.38. The molecule has 0 radical (unpaired) electrons. The molecular weight excluding hydrogens is 280 g/mol. The second kappa shape index (κ2) is 6.92. The summed E-state index contributed by atoms with van der Waals surface area (Å²) in [4.78, 5) is 25.9. The van der Waals surface area contributed by atoms with E-state index in [1.54, 1.807) is 4.90 Å². The number of carbonyl (C=O) groups excluding carboxylic acids is 2. The summed E-state index contributed by atoms with van der Waals surface area (Å²) in [5, 5.41) is 2.66. The molecule has 0 spiro atoms. The molecule has 1 heterocycles. The van der Waals surface area contributed by atoms with Gasteiger partial charge in [0.25, 0.3) is 0 Å². The molecule has 2 rings (SSSR count). The van der Waals surface area contributed by atoms with Gasteiger partial charge in [-0.05, 0) is 37.5 Å². The number of morpholine rings is 1. The minimum atomic E-state index is -0.599. The van der Waals surface area contributed by atoms with Crippen LogP contribution in [0.4, 0.5) is 5.69 Å². The molecule has 22 heavy (non-hydrogen) atoms. The maximum atomic E-state index is 12.2. The van der Waals surface area contributed by atoms with Gasteiger partial charge < -0.3 is 15.0 Å². The lowest BCUT2D eigenvalue weighted by atomic mass is 10.0. The van der Waals surface area contributed by atoms with Gasteiger partial charge in [-0.25, -0.2) is 0 Å². The summed E-state index contributed by atoms with van der Waals surface area (Å²) in [6.45, 7) is 8.92. The average molecular weight is 304 g/mol. The highest BCUT2D eigenvalue weighted by molar-refractivity contribution is 6.39. The molecular formula is C17H24N2O3. The molecule has 2 atom stereocenters. The Morgan fingerprint density at radius 2 is 1.68 bits per heavy atom. The number of anilines is 1. The van der Waals surface area contributed by atoms with Crippen LogP contribution in [-0.4, -0.2) is 42.0 Å². The Morgan fingerprint density at radius 1 is 1.14 bits per heavy atom. The third kappa shape index (κ3) is 4.07. The second-order valence-corrected chi connectivity index (χ2v) is 6.20. The fourth-order valence-corrected chi connectivity index (χ4v) is 2.62. The number of carbonyl (C=O) groups is 2. The lowest BCUT2D eigenvalue weighted by molar-refractivity contribution is -0.151. The highest BCUT2D eigenvalue weighted by Gasteiger charge is 2.29. The molecule has 1 saturated heterocycles. The van der Waals surface area contributed by atoms with Gasteiger partial charge in [0, 0.05) is 18.8 Å². The summed E-state index contributed by atoms with van der Waals surface area (Å²) in [7, 11) is 0. The van der Waals surface area contributed by atoms with Crippen LogP contribution in [0.3, 0.4) is 0 Å². The van der Waals surface area contributed by atoms with E-state index < -0.39 is 11.8 Å². The van der Waals surface area contributed by atoms with Crippen LogP contribution < -0.4 is 5.32 Å². The molecule has 1 aromatic carbocycles. The van der Waals surface area contributed by atoms with E-state index in [2.05, 4.69) is 19.2 Å². The Morgan fingerprint density at radius 3 is 2.18 bits per heavy atom. The minimum absolute atomic E-state index is 0.0502. The van der Waals surface area contributed by atoms with Gasteiger partial charge in [-0.3, -0.25) is 9.59 Å². The van der Waals surface area contributed by atoms with Crippen LogP contribution in [-0.2, 0) is 14.3 Å². The van der Waals surface area contributed by atoms with Crippen LogP contribution >= 0.6 is 0 Å². The topological polar surface area (TPSA) is 58.6 Å². The average Bonchev–Trinajstić information content (AvgIpc) is 2.46. The molecule has 0 bridgehead atoms. The lowest BCUT2D eigenvalue weighted by Crippen LogP contribution is -2.51. The Kier molecular flexibility index (Phi) is 5.19. The number of nitrogens with zero attached hydrogens (tertiary/aromatic N) is 1. The molecule has 0 aliphatic carbocycles. The largest absolute Gasteiger partial charge is 0.372 e. The van der Waals surface area contributed by atoms with Crippen LogP contribution in [0.15, 0.2) is 24.3 Å². The van der Waals surface area contributed by atoms with Gasteiger partial charge in [0.05, 0.1) is 12.2 Å². The zero-order valence-electron chi connectivity index (χ0n) is 13.6. The van der Waals surface area contributed by atoms with Gasteiger partial charge in [-0.2, -0.15) is 0 Å². The summed E-state index contributed by atoms with van der Waals surface area (Å²) >= 11 is 0. The van der Waals surface area contributed by atoms with Crippen molar-refractivity contribution in [3.05, 3.63) is 29.8 Å². The second-order valence-electron chi connectivity index (χ2n) is 6.20. The number of hydrogen-bond acceptors (Lipinski definition) is 3. The molecule has 1 fully saturated rings. The van der Waals surface area contributed by atoms with Crippen molar-refractivity contribution in [2.45, 2.75) is 45.8 Å². The van der Waals surface area contributed by atoms with Crippen LogP contribution in [0.2, 0.25) is 0 Å². The van der Waals surface area contributed by atoms with Crippen molar-refractivity contribution in [1.29, 1.82) is 0 Å². The maximum Gasteiger partial charge on any atom is 0.313 e. The summed E-state index contributed by atoms with van der Waals surface area (Å²) in [5.41, 5.74) is 1.83. The zero-order chi connectivity index (χ0) is 16.3. The van der Waals surface area contributed by atoms with Crippen molar-refractivity contribution >= 4 is 17.5 Å². The quantitative estimate of drug-likeness (QED) is 0.854. The van der Waals surface area contributed by atoms with Crippen LogP contribution in [0.25, 0.3) is 0 Å². The van der Waals surface area contributed by atoms with Gasteiger partial charge in [-0.1, -0.05) is 26.0 Å². The molecule has 1 aromatic rings. The number of rotatable bonds is 2. The number of amides is 2. The van der Waals surface area contributed by atoms with Crippen molar-refractivity contribution in [2.75, 3.05) is 18.4 Å². The molecule has 2 amide bonds. The molecule has 0 saturated carbocycles. The molecule has 1 aliphatic rings. The smallest absolute Gasteiger partial charge is 0.313 e. The Labute approximate surface area is 131 Å². The van der Waals surface area contributed by atoms with E-state index >= 15 is 0 Å². The number of benzene rings is 1. The van der Waals surface area contributed by atoms with Crippen LogP contribution in [0.1, 0.15) is 39.2 Å². The first-order chi connectivity index (χ1) is 10.4. The third-order valence-corrected chi connectivity index (χ3v) is 3.74. The van der Waals surface area contributed by atoms with E-state index in [1.807, 2.05) is 38.1 Å². The van der Waals surface area contributed by atoms with Crippen molar-refractivity contribution in [1.82, 2.24) is 4.90 Å². The zero-order valence-corrected chi connectivity index (χ0v) is 13.6. The number of ether oxygens (including phenoxy) is 1. The van der Waals surface area contributed by atoms with E-state index in [0.717, 1.165) is 0 Å². The Hall–Kier alpha value is -1.88. The molecule has 2 unspecified atom stereocenters. The van der Waals surface area contributed by atoms with Crippen molar-refractivity contribution in [3.63, 3.8) is 0 Å². The third-order valence-electron chi connectivity index (χ3n) is 3.74. The van der Waals surface area contributed by atoms with Crippen molar-refractivity contribution < 1.29 is 14.3 Å². The van der Waals surface area contributed by atoms with Gasteiger partial charge in [0.2, 0.25) is 0 Å². The van der Waals surface area contributed by atoms with Gasteiger partial charge in [0.1, 0.15) is 0 Å². The predicted molar refractivity (Wildman–Crippen MR) is 85.7 cm³/mol. The lowest BCUT2D eigenvalue weighted by Gasteiger charge is -2.34. The summed E-state index contributed by atoms with van der Waals surface area (Å²) in [5.74, 6) is -0.670. The van der Waals surface area contributed by atoms with E-state index in [4.69, 9.17) is 4.74 Å². The molecule has 120 valence electrons.